The SMILES string of the molecule is C[C@H](NC(=O)N1CCO[C@@H](C)C1)c1ccc(-c2ccncc2)cc1. The molecule has 3 rings (SSSR count). The molecule has 2 aromatic rings. The molecule has 0 aliphatic carbocycles. The van der Waals surface area contributed by atoms with E-state index in [4.69, 9.17) is 4.74 Å². The molecule has 1 N–H and O–H groups in total. The molecule has 1 saturated heterocycles. The third kappa shape index (κ3) is 3.92. The number of benzene rings is 1. The number of carbonyl (C=O) groups excluding carboxylic acids is 1. The van der Waals surface area contributed by atoms with Crippen LogP contribution >= 0.6 is 0 Å². The van der Waals surface area contributed by atoms with Gasteiger partial charge in [-0.15, -0.1) is 0 Å². The van der Waals surface area contributed by atoms with E-state index in [1.807, 2.05) is 30.9 Å². The van der Waals surface area contributed by atoms with Gasteiger partial charge in [0, 0.05) is 25.5 Å². The van der Waals surface area contributed by atoms with E-state index in [2.05, 4.69) is 34.6 Å². The number of morpholine rings is 1. The Morgan fingerprint density at radius 1 is 1.21 bits per heavy atom. The Labute approximate surface area is 142 Å². The number of hydrogen-bond acceptors (Lipinski definition) is 3. The topological polar surface area (TPSA) is 54.5 Å². The maximum Gasteiger partial charge on any atom is 0.318 e. The maximum absolute atomic E-state index is 12.4. The fourth-order valence-corrected chi connectivity index (χ4v) is 2.87. The summed E-state index contributed by atoms with van der Waals surface area (Å²) in [5, 5.41) is 3.07. The summed E-state index contributed by atoms with van der Waals surface area (Å²) < 4.78 is 5.48. The molecular formula is C19H23N3O2. The van der Waals surface area contributed by atoms with E-state index in [-0.39, 0.29) is 18.2 Å². The van der Waals surface area contributed by atoms with E-state index in [1.54, 1.807) is 12.4 Å². The number of aromatic nitrogens is 1. The zero-order chi connectivity index (χ0) is 16.9. The van der Waals surface area contributed by atoms with E-state index in [9.17, 15) is 4.79 Å². The molecule has 0 radical (unpaired) electrons. The summed E-state index contributed by atoms with van der Waals surface area (Å²) in [6, 6.07) is 12.2. The summed E-state index contributed by atoms with van der Waals surface area (Å²) >= 11 is 0. The van der Waals surface area contributed by atoms with Gasteiger partial charge in [-0.25, -0.2) is 4.79 Å². The molecule has 0 spiro atoms. The van der Waals surface area contributed by atoms with Crippen molar-refractivity contribution in [1.82, 2.24) is 15.2 Å². The number of urea groups is 1. The quantitative estimate of drug-likeness (QED) is 0.942. The van der Waals surface area contributed by atoms with Gasteiger partial charge in [0.25, 0.3) is 0 Å². The van der Waals surface area contributed by atoms with Gasteiger partial charge in [0.05, 0.1) is 18.8 Å². The first kappa shape index (κ1) is 16.5. The van der Waals surface area contributed by atoms with Gasteiger partial charge < -0.3 is 15.0 Å². The Kier molecular flexibility index (Phi) is 5.11. The normalized spacial score (nSPS) is 18.9. The molecule has 0 bridgehead atoms. The van der Waals surface area contributed by atoms with Crippen LogP contribution in [0.1, 0.15) is 25.5 Å². The number of ether oxygens (including phenoxy) is 1. The standard InChI is InChI=1S/C19H23N3O2/c1-14-13-22(11-12-24-14)19(23)21-15(2)16-3-5-17(6-4-16)18-7-9-20-10-8-18/h3-10,14-15H,11-13H2,1-2H3,(H,21,23)/t14-,15-/m0/s1. The summed E-state index contributed by atoms with van der Waals surface area (Å²) in [4.78, 5) is 18.2. The predicted octanol–water partition coefficient (Wildman–Crippen LogP) is 3.24. The van der Waals surface area contributed by atoms with Crippen LogP contribution in [0, 0.1) is 0 Å². The number of pyridine rings is 1. The van der Waals surface area contributed by atoms with Crippen LogP contribution in [-0.4, -0.2) is 41.7 Å². The molecule has 5 heteroatoms. The van der Waals surface area contributed by atoms with Gasteiger partial charge in [0.1, 0.15) is 0 Å². The number of nitrogens with zero attached hydrogens (tertiary/aromatic N) is 2. The first-order valence-electron chi connectivity index (χ1n) is 8.31. The predicted molar refractivity (Wildman–Crippen MR) is 93.6 cm³/mol. The summed E-state index contributed by atoms with van der Waals surface area (Å²) in [6.07, 6.45) is 3.67. The molecule has 0 unspecified atom stereocenters. The van der Waals surface area contributed by atoms with Crippen molar-refractivity contribution in [3.63, 3.8) is 0 Å². The lowest BCUT2D eigenvalue weighted by Crippen LogP contribution is -2.49. The van der Waals surface area contributed by atoms with E-state index < -0.39 is 0 Å². The number of hydrogen-bond donors (Lipinski definition) is 1. The molecule has 0 saturated carbocycles. The second-order valence-electron chi connectivity index (χ2n) is 6.16. The highest BCUT2D eigenvalue weighted by Gasteiger charge is 2.22. The highest BCUT2D eigenvalue weighted by atomic mass is 16.5. The zero-order valence-corrected chi connectivity index (χ0v) is 14.1. The van der Waals surface area contributed by atoms with Crippen molar-refractivity contribution in [2.75, 3.05) is 19.7 Å². The number of carbonyl (C=O) groups is 1. The number of nitrogens with one attached hydrogen (secondary N) is 1. The molecule has 126 valence electrons. The highest BCUT2D eigenvalue weighted by molar-refractivity contribution is 5.75. The molecule has 5 nitrogen and oxygen atoms in total. The Morgan fingerprint density at radius 2 is 1.88 bits per heavy atom. The van der Waals surface area contributed by atoms with Crippen LogP contribution in [-0.2, 0) is 4.74 Å². The van der Waals surface area contributed by atoms with Crippen molar-refractivity contribution in [1.29, 1.82) is 0 Å². The van der Waals surface area contributed by atoms with E-state index in [0.29, 0.717) is 19.7 Å². The van der Waals surface area contributed by atoms with Crippen LogP contribution in [0.15, 0.2) is 48.8 Å². The Bertz CT molecular complexity index is 673. The zero-order valence-electron chi connectivity index (χ0n) is 14.1. The average molecular weight is 325 g/mol. The van der Waals surface area contributed by atoms with Gasteiger partial charge in [-0.3, -0.25) is 4.98 Å². The summed E-state index contributed by atoms with van der Waals surface area (Å²) in [6.45, 7) is 5.87. The van der Waals surface area contributed by atoms with Gasteiger partial charge in [0.15, 0.2) is 0 Å². The number of rotatable bonds is 3. The van der Waals surface area contributed by atoms with Crippen molar-refractivity contribution in [3.05, 3.63) is 54.4 Å². The van der Waals surface area contributed by atoms with Crippen LogP contribution in [0.2, 0.25) is 0 Å². The smallest absolute Gasteiger partial charge is 0.318 e. The van der Waals surface area contributed by atoms with Crippen molar-refractivity contribution in [2.24, 2.45) is 0 Å². The van der Waals surface area contributed by atoms with E-state index >= 15 is 0 Å². The molecule has 2 amide bonds. The lowest BCUT2D eigenvalue weighted by atomic mass is 10.0. The van der Waals surface area contributed by atoms with Gasteiger partial charge in [-0.1, -0.05) is 24.3 Å². The third-order valence-electron chi connectivity index (χ3n) is 4.29. The molecule has 2 heterocycles. The Morgan fingerprint density at radius 3 is 2.54 bits per heavy atom. The minimum atomic E-state index is -0.0397. The third-order valence-corrected chi connectivity index (χ3v) is 4.29. The van der Waals surface area contributed by atoms with Crippen LogP contribution < -0.4 is 5.32 Å². The fraction of sp³-hybridized carbons (Fsp3) is 0.368. The maximum atomic E-state index is 12.4. The molecule has 1 aliphatic rings. The van der Waals surface area contributed by atoms with Crippen LogP contribution in [0.4, 0.5) is 4.79 Å². The lowest BCUT2D eigenvalue weighted by molar-refractivity contribution is -0.00380. The number of amides is 2. The summed E-state index contributed by atoms with van der Waals surface area (Å²) in [5.41, 5.74) is 3.36. The minimum Gasteiger partial charge on any atom is -0.375 e. The van der Waals surface area contributed by atoms with Crippen LogP contribution in [0.25, 0.3) is 11.1 Å². The van der Waals surface area contributed by atoms with Gasteiger partial charge in [-0.2, -0.15) is 0 Å². The molecule has 24 heavy (non-hydrogen) atoms. The van der Waals surface area contributed by atoms with Crippen molar-refractivity contribution < 1.29 is 9.53 Å². The van der Waals surface area contributed by atoms with E-state index in [0.717, 1.165) is 16.7 Å². The highest BCUT2D eigenvalue weighted by Crippen LogP contribution is 2.21. The fourth-order valence-electron chi connectivity index (χ4n) is 2.87. The van der Waals surface area contributed by atoms with Crippen molar-refractivity contribution in [3.8, 4) is 11.1 Å². The molecule has 1 aliphatic heterocycles. The largest absolute Gasteiger partial charge is 0.375 e. The van der Waals surface area contributed by atoms with Gasteiger partial charge in [-0.05, 0) is 42.7 Å². The average Bonchev–Trinajstić information content (AvgIpc) is 2.62. The van der Waals surface area contributed by atoms with Gasteiger partial charge in [0.2, 0.25) is 0 Å². The molecule has 1 fully saturated rings. The Hall–Kier alpha value is -2.40. The Balaban J connectivity index is 1.62. The summed E-state index contributed by atoms with van der Waals surface area (Å²) in [7, 11) is 0. The summed E-state index contributed by atoms with van der Waals surface area (Å²) in [5.74, 6) is 0. The van der Waals surface area contributed by atoms with Crippen LogP contribution in [0.3, 0.4) is 0 Å². The van der Waals surface area contributed by atoms with Crippen LogP contribution in [0.5, 0.6) is 0 Å². The second-order valence-corrected chi connectivity index (χ2v) is 6.16. The molecular weight excluding hydrogens is 302 g/mol. The molecule has 2 atom stereocenters. The molecule has 1 aromatic heterocycles. The first-order chi connectivity index (χ1) is 11.6. The monoisotopic (exact) mass is 325 g/mol. The lowest BCUT2D eigenvalue weighted by Gasteiger charge is -2.32. The van der Waals surface area contributed by atoms with Crippen molar-refractivity contribution in [2.45, 2.75) is 26.0 Å². The molecule has 1 aromatic carbocycles. The minimum absolute atomic E-state index is 0.0316. The van der Waals surface area contributed by atoms with E-state index in [1.165, 1.54) is 0 Å². The van der Waals surface area contributed by atoms with Crippen molar-refractivity contribution >= 4 is 6.03 Å². The first-order valence-corrected chi connectivity index (χ1v) is 8.31. The van der Waals surface area contributed by atoms with Gasteiger partial charge >= 0.3 is 6.03 Å². The second kappa shape index (κ2) is 7.45.